The number of ether oxygens (including phenoxy) is 1. The molecule has 0 unspecified atom stereocenters. The van der Waals surface area contributed by atoms with Crippen LogP contribution in [-0.2, 0) is 0 Å². The Kier molecular flexibility index (Phi) is 27.9. The molecule has 0 atom stereocenters. The number of hydrogen-bond acceptors (Lipinski definition) is 1. The zero-order chi connectivity index (χ0) is 46.1. The predicted molar refractivity (Wildman–Crippen MR) is 270 cm³/mol. The molecule has 0 saturated carbocycles. The predicted octanol–water partition coefficient (Wildman–Crippen LogP) is 19.4. The Morgan fingerprint density at radius 1 is 0.344 bits per heavy atom. The summed E-state index contributed by atoms with van der Waals surface area (Å²) in [6.07, 6.45) is 0. The van der Waals surface area contributed by atoms with Crippen LogP contribution in [0.25, 0.3) is 0 Å². The molecule has 0 heterocycles. The number of aryl methyl sites for hydroxylation is 8. The molecule has 1 nitrogen and oxygen atoms in total. The zero-order valence-electron chi connectivity index (χ0n) is 35.7. The van der Waals surface area contributed by atoms with Crippen LogP contribution in [0.3, 0.4) is 0 Å². The van der Waals surface area contributed by atoms with Crippen LogP contribution >= 0.6 is 89.9 Å². The van der Waals surface area contributed by atoms with Crippen LogP contribution in [-0.4, -0.2) is 7.11 Å². The Morgan fingerprint density at radius 2 is 0.672 bits per heavy atom. The molecule has 0 bridgehead atoms. The van der Waals surface area contributed by atoms with Crippen LogP contribution in [0.1, 0.15) is 44.5 Å². The van der Waals surface area contributed by atoms with E-state index in [-0.39, 0.29) is 16.7 Å². The van der Waals surface area contributed by atoms with Gasteiger partial charge in [0, 0.05) is 9.50 Å². The minimum atomic E-state index is -0.359. The summed E-state index contributed by atoms with van der Waals surface area (Å²) in [7, 11) is 1.67. The second-order valence-electron chi connectivity index (χ2n) is 13.6. The second-order valence-corrected chi connectivity index (χ2v) is 17.4. The summed E-state index contributed by atoms with van der Waals surface area (Å²) in [6, 6.07) is 45.1. The first-order chi connectivity index (χ1) is 28.7. The SMILES string of the molecule is COc1ccc(C)cc1.Cc1ccc(C)cc1.Cc1ccc(Cl)c(Br)c1.Cc1ccc(Cl)c(Cl)c1.Cc1ccc(Cl)cc1.Cc1ccc(F)c(Br)c1.Cc1ccc(F)c(Cl)c1. The van der Waals surface area contributed by atoms with E-state index in [4.69, 9.17) is 62.7 Å². The Balaban J connectivity index is 0.000000356. The average Bonchev–Trinajstić information content (AvgIpc) is 3.22. The van der Waals surface area contributed by atoms with Crippen LogP contribution < -0.4 is 4.74 Å². The van der Waals surface area contributed by atoms with E-state index in [0.717, 1.165) is 37.0 Å². The van der Waals surface area contributed by atoms with Crippen molar-refractivity contribution in [2.45, 2.75) is 55.4 Å². The molecule has 0 fully saturated rings. The summed E-state index contributed by atoms with van der Waals surface area (Å²) in [5.74, 6) is 0.350. The highest BCUT2D eigenvalue weighted by atomic mass is 79.9. The van der Waals surface area contributed by atoms with Crippen LogP contribution in [0.15, 0.2) is 155 Å². The van der Waals surface area contributed by atoms with Gasteiger partial charge < -0.3 is 4.74 Å². The molecule has 7 rings (SSSR count). The van der Waals surface area contributed by atoms with E-state index in [1.807, 2.05) is 113 Å². The van der Waals surface area contributed by atoms with Crippen molar-refractivity contribution in [2.75, 3.05) is 7.11 Å². The van der Waals surface area contributed by atoms with Crippen LogP contribution in [0.5, 0.6) is 5.75 Å². The molecule has 10 heteroatoms. The van der Waals surface area contributed by atoms with Gasteiger partial charge in [-0.1, -0.05) is 153 Å². The van der Waals surface area contributed by atoms with Gasteiger partial charge in [0.25, 0.3) is 0 Å². The lowest BCUT2D eigenvalue weighted by atomic mass is 10.2. The summed E-state index contributed by atoms with van der Waals surface area (Å²) >= 11 is 34.5. The summed E-state index contributed by atoms with van der Waals surface area (Å²) in [4.78, 5) is 0. The molecule has 7 aromatic carbocycles. The normalized spacial score (nSPS) is 9.48. The smallest absolute Gasteiger partial charge is 0.141 e. The van der Waals surface area contributed by atoms with Crippen molar-refractivity contribution in [2.24, 2.45) is 0 Å². The molecule has 0 aliphatic carbocycles. The molecule has 324 valence electrons. The van der Waals surface area contributed by atoms with E-state index >= 15 is 0 Å². The van der Waals surface area contributed by atoms with Crippen molar-refractivity contribution in [3.63, 3.8) is 0 Å². The molecule has 0 saturated heterocycles. The molecular weight excluding hydrogens is 1000 g/mol. The van der Waals surface area contributed by atoms with E-state index in [2.05, 4.69) is 76.9 Å². The van der Waals surface area contributed by atoms with Crippen molar-refractivity contribution in [1.82, 2.24) is 0 Å². The Hall–Kier alpha value is -3.39. The van der Waals surface area contributed by atoms with E-state index in [1.165, 1.54) is 39.9 Å². The van der Waals surface area contributed by atoms with Crippen molar-refractivity contribution >= 4 is 89.9 Å². The average molecular weight is 1060 g/mol. The summed E-state index contributed by atoms with van der Waals surface area (Å²) in [5.41, 5.74) is 9.54. The monoisotopic (exact) mass is 1050 g/mol. The van der Waals surface area contributed by atoms with Crippen molar-refractivity contribution in [3.05, 3.63) is 236 Å². The van der Waals surface area contributed by atoms with Crippen molar-refractivity contribution in [3.8, 4) is 5.75 Å². The van der Waals surface area contributed by atoms with Gasteiger partial charge in [-0.15, -0.1) is 0 Å². The Morgan fingerprint density at radius 3 is 0.984 bits per heavy atom. The fourth-order valence-electron chi connectivity index (χ4n) is 4.25. The molecule has 0 N–H and O–H groups in total. The topological polar surface area (TPSA) is 9.23 Å². The first-order valence-corrected chi connectivity index (χ1v) is 22.2. The van der Waals surface area contributed by atoms with E-state index in [9.17, 15) is 8.78 Å². The molecule has 0 spiro atoms. The fourth-order valence-corrected chi connectivity index (χ4v) is 6.07. The van der Waals surface area contributed by atoms with Crippen molar-refractivity contribution < 1.29 is 13.5 Å². The Labute approximate surface area is 404 Å². The van der Waals surface area contributed by atoms with Gasteiger partial charge in [0.05, 0.1) is 31.7 Å². The standard InChI is InChI=1S/C8H10O.C8H10.C7H6BrCl.C7H6BrF.C7H6Cl2.C7H6ClF.C7H7Cl/c1-7-3-5-8(9-2)6-4-7;1-7-3-5-8(2)6-4-7;2*1-5-2-3-7(9)6(8)4-5;1-5-2-3-6(8)7(9)4-5;1-5-2-3-7(9)6(8)4-5;1-6-2-4-7(8)5-3-6/h3-6H,1-2H3;3-6H,1-2H3;4*2-4H,1H3;2-5H,1H3. The summed E-state index contributed by atoms with van der Waals surface area (Å²) in [5, 5.41) is 2.99. The van der Waals surface area contributed by atoms with Crippen LogP contribution in [0.2, 0.25) is 25.1 Å². The van der Waals surface area contributed by atoms with Gasteiger partial charge in [0.15, 0.2) is 0 Å². The first-order valence-electron chi connectivity index (χ1n) is 18.7. The number of hydrogen-bond donors (Lipinski definition) is 0. The summed E-state index contributed by atoms with van der Waals surface area (Å²) < 4.78 is 31.3. The number of methoxy groups -OCH3 is 1. The van der Waals surface area contributed by atoms with Crippen LogP contribution in [0, 0.1) is 67.0 Å². The lowest BCUT2D eigenvalue weighted by Gasteiger charge is -1.97. The number of halogens is 9. The van der Waals surface area contributed by atoms with Gasteiger partial charge in [-0.05, 0) is 182 Å². The third-order valence-corrected chi connectivity index (χ3v) is 10.9. The minimum absolute atomic E-state index is 0.190. The van der Waals surface area contributed by atoms with Crippen LogP contribution in [0.4, 0.5) is 8.78 Å². The number of benzene rings is 7. The maximum absolute atomic E-state index is 12.5. The van der Waals surface area contributed by atoms with Gasteiger partial charge in [0.1, 0.15) is 17.4 Å². The molecule has 0 amide bonds. The maximum Gasteiger partial charge on any atom is 0.141 e. The quantitative estimate of drug-likeness (QED) is 0.159. The van der Waals surface area contributed by atoms with Gasteiger partial charge in [-0.25, -0.2) is 8.78 Å². The fraction of sp³-hybridized carbons (Fsp3) is 0.176. The van der Waals surface area contributed by atoms with E-state index < -0.39 is 0 Å². The van der Waals surface area contributed by atoms with E-state index in [1.54, 1.807) is 37.4 Å². The minimum Gasteiger partial charge on any atom is -0.497 e. The van der Waals surface area contributed by atoms with Gasteiger partial charge >= 0.3 is 0 Å². The highest BCUT2D eigenvalue weighted by molar-refractivity contribution is 9.10. The molecule has 0 aromatic heterocycles. The lowest BCUT2D eigenvalue weighted by molar-refractivity contribution is 0.414. The molecule has 61 heavy (non-hydrogen) atoms. The third-order valence-electron chi connectivity index (χ3n) is 7.79. The van der Waals surface area contributed by atoms with Crippen molar-refractivity contribution in [1.29, 1.82) is 0 Å². The highest BCUT2D eigenvalue weighted by Gasteiger charge is 1.97. The third kappa shape index (κ3) is 26.0. The molecule has 0 radical (unpaired) electrons. The first kappa shape index (κ1) is 55.6. The van der Waals surface area contributed by atoms with Gasteiger partial charge in [-0.3, -0.25) is 0 Å². The maximum atomic E-state index is 12.5. The number of rotatable bonds is 1. The zero-order valence-corrected chi connectivity index (χ0v) is 42.6. The summed E-state index contributed by atoms with van der Waals surface area (Å²) in [6.45, 7) is 16.1. The Bertz CT molecular complexity index is 2040. The molecular formula is C51H51Br2Cl5F2O. The molecule has 0 aliphatic heterocycles. The highest BCUT2D eigenvalue weighted by Crippen LogP contribution is 2.23. The molecule has 0 aliphatic rings. The second kappa shape index (κ2) is 30.6. The largest absolute Gasteiger partial charge is 0.497 e. The lowest BCUT2D eigenvalue weighted by Crippen LogP contribution is -1.80. The van der Waals surface area contributed by atoms with E-state index in [0.29, 0.717) is 14.5 Å². The van der Waals surface area contributed by atoms with Gasteiger partial charge in [-0.2, -0.15) is 0 Å². The van der Waals surface area contributed by atoms with Gasteiger partial charge in [0.2, 0.25) is 0 Å². The molecule has 7 aromatic rings.